The van der Waals surface area contributed by atoms with Crippen molar-refractivity contribution in [2.24, 2.45) is 11.8 Å². The summed E-state index contributed by atoms with van der Waals surface area (Å²) in [6.45, 7) is 4.45. The first-order valence-corrected chi connectivity index (χ1v) is 5.59. The molecule has 2 atom stereocenters. The van der Waals surface area contributed by atoms with Crippen molar-refractivity contribution in [3.05, 3.63) is 0 Å². The second-order valence-electron chi connectivity index (χ2n) is 4.25. The molecule has 0 spiro atoms. The fraction of sp³-hybridized carbons (Fsp3) is 1.00. The van der Waals surface area contributed by atoms with Crippen molar-refractivity contribution in [1.29, 1.82) is 0 Å². The van der Waals surface area contributed by atoms with Crippen LogP contribution in [0.1, 0.15) is 32.6 Å². The van der Waals surface area contributed by atoms with Gasteiger partial charge in [0.15, 0.2) is 0 Å². The van der Waals surface area contributed by atoms with Crippen molar-refractivity contribution in [2.45, 2.75) is 32.6 Å². The van der Waals surface area contributed by atoms with Crippen LogP contribution in [0.5, 0.6) is 0 Å². The van der Waals surface area contributed by atoms with E-state index in [1.807, 2.05) is 0 Å². The zero-order chi connectivity index (χ0) is 10.2. The molecule has 14 heavy (non-hydrogen) atoms. The lowest BCUT2D eigenvalue weighted by atomic mass is 9.90. The van der Waals surface area contributed by atoms with Gasteiger partial charge in [0.2, 0.25) is 0 Å². The van der Waals surface area contributed by atoms with Gasteiger partial charge in [0, 0.05) is 19.8 Å². The largest absolute Gasteiger partial charge is 0.396 e. The van der Waals surface area contributed by atoms with Crippen LogP contribution in [0, 0.1) is 11.8 Å². The molecule has 2 unspecified atom stereocenters. The van der Waals surface area contributed by atoms with Gasteiger partial charge in [-0.15, -0.1) is 0 Å². The van der Waals surface area contributed by atoms with Gasteiger partial charge in [-0.3, -0.25) is 0 Å². The maximum atomic E-state index is 8.99. The second-order valence-corrected chi connectivity index (χ2v) is 4.25. The van der Waals surface area contributed by atoms with Gasteiger partial charge in [-0.25, -0.2) is 0 Å². The molecular weight excluding hydrogens is 180 g/mol. The van der Waals surface area contributed by atoms with Crippen LogP contribution in [-0.2, 0) is 9.47 Å². The Hall–Kier alpha value is -0.120. The van der Waals surface area contributed by atoms with Crippen LogP contribution in [0.2, 0.25) is 0 Å². The highest BCUT2D eigenvalue weighted by Crippen LogP contribution is 2.21. The third-order valence-electron chi connectivity index (χ3n) is 2.79. The van der Waals surface area contributed by atoms with Gasteiger partial charge in [-0.2, -0.15) is 0 Å². The van der Waals surface area contributed by atoms with E-state index in [4.69, 9.17) is 14.6 Å². The molecule has 0 amide bonds. The molecule has 1 N–H and O–H groups in total. The summed E-state index contributed by atoms with van der Waals surface area (Å²) in [6.07, 6.45) is 4.54. The van der Waals surface area contributed by atoms with Crippen LogP contribution in [0.4, 0.5) is 0 Å². The molecule has 0 radical (unpaired) electrons. The normalized spacial score (nSPS) is 27.4. The van der Waals surface area contributed by atoms with Crippen molar-refractivity contribution in [3.63, 3.8) is 0 Å². The maximum Gasteiger partial charge on any atom is 0.146 e. The highest BCUT2D eigenvalue weighted by molar-refractivity contribution is 4.64. The molecule has 3 nitrogen and oxygen atoms in total. The van der Waals surface area contributed by atoms with Crippen molar-refractivity contribution in [3.8, 4) is 0 Å². The van der Waals surface area contributed by atoms with E-state index in [2.05, 4.69) is 6.92 Å². The van der Waals surface area contributed by atoms with Crippen molar-refractivity contribution < 1.29 is 14.6 Å². The zero-order valence-electron chi connectivity index (χ0n) is 9.08. The Morgan fingerprint density at radius 2 is 2.07 bits per heavy atom. The number of hydrogen-bond acceptors (Lipinski definition) is 3. The highest BCUT2D eigenvalue weighted by atomic mass is 16.7. The predicted octanol–water partition coefficient (Wildman–Crippen LogP) is 1.80. The van der Waals surface area contributed by atoms with E-state index in [0.29, 0.717) is 25.2 Å². The lowest BCUT2D eigenvalue weighted by Crippen LogP contribution is -2.11. The van der Waals surface area contributed by atoms with Gasteiger partial charge in [0.25, 0.3) is 0 Å². The summed E-state index contributed by atoms with van der Waals surface area (Å²) >= 11 is 0. The fourth-order valence-corrected chi connectivity index (χ4v) is 1.92. The van der Waals surface area contributed by atoms with Gasteiger partial charge >= 0.3 is 0 Å². The van der Waals surface area contributed by atoms with E-state index in [1.165, 1.54) is 6.42 Å². The Morgan fingerprint density at radius 1 is 1.29 bits per heavy atom. The first-order valence-electron chi connectivity index (χ1n) is 5.59. The third-order valence-corrected chi connectivity index (χ3v) is 2.79. The number of hydrogen-bond donors (Lipinski definition) is 1. The van der Waals surface area contributed by atoms with E-state index in [-0.39, 0.29) is 0 Å². The molecule has 1 rings (SSSR count). The number of aliphatic hydroxyl groups excluding tert-OH is 1. The molecule has 0 aromatic heterocycles. The van der Waals surface area contributed by atoms with Crippen molar-refractivity contribution in [2.75, 3.05) is 26.6 Å². The van der Waals surface area contributed by atoms with E-state index in [0.717, 1.165) is 32.5 Å². The van der Waals surface area contributed by atoms with Gasteiger partial charge < -0.3 is 14.6 Å². The topological polar surface area (TPSA) is 38.7 Å². The summed E-state index contributed by atoms with van der Waals surface area (Å²) in [5, 5.41) is 8.99. The van der Waals surface area contributed by atoms with Crippen LogP contribution >= 0.6 is 0 Å². The van der Waals surface area contributed by atoms with E-state index >= 15 is 0 Å². The molecule has 1 heterocycles. The Bertz CT molecular complexity index is 128. The predicted molar refractivity (Wildman–Crippen MR) is 55.0 cm³/mol. The molecule has 0 bridgehead atoms. The molecule has 0 saturated carbocycles. The summed E-state index contributed by atoms with van der Waals surface area (Å²) in [4.78, 5) is 0. The standard InChI is InChI=1S/C11H22O3/c1-10(8-12)7-11-3-2-5-13-9-14-6-4-11/h10-12H,2-9H2,1H3. The first kappa shape index (κ1) is 12.0. The minimum absolute atomic E-state index is 0.299. The Labute approximate surface area is 86.4 Å². The fourth-order valence-electron chi connectivity index (χ4n) is 1.92. The maximum absolute atomic E-state index is 8.99. The quantitative estimate of drug-likeness (QED) is 0.758. The number of ether oxygens (including phenoxy) is 2. The summed E-state index contributed by atoms with van der Waals surface area (Å²) in [6, 6.07) is 0. The lowest BCUT2D eigenvalue weighted by molar-refractivity contribution is -0.0512. The monoisotopic (exact) mass is 202 g/mol. The van der Waals surface area contributed by atoms with E-state index in [1.54, 1.807) is 0 Å². The minimum Gasteiger partial charge on any atom is -0.396 e. The van der Waals surface area contributed by atoms with Crippen LogP contribution in [0.15, 0.2) is 0 Å². The number of aliphatic hydroxyl groups is 1. The SMILES string of the molecule is CC(CO)CC1CCCOCOCC1. The van der Waals surface area contributed by atoms with Gasteiger partial charge in [-0.05, 0) is 37.5 Å². The molecule has 0 aromatic carbocycles. The summed E-state index contributed by atoms with van der Waals surface area (Å²) < 4.78 is 10.6. The smallest absolute Gasteiger partial charge is 0.146 e. The molecule has 1 aliphatic rings. The molecular formula is C11H22O3. The Kier molecular flexibility index (Phi) is 6.15. The zero-order valence-corrected chi connectivity index (χ0v) is 9.08. The average molecular weight is 202 g/mol. The summed E-state index contributed by atoms with van der Waals surface area (Å²) in [5.41, 5.74) is 0. The number of rotatable bonds is 3. The molecule has 1 saturated heterocycles. The Morgan fingerprint density at radius 3 is 2.86 bits per heavy atom. The van der Waals surface area contributed by atoms with E-state index in [9.17, 15) is 0 Å². The molecule has 1 fully saturated rings. The second kappa shape index (κ2) is 7.21. The molecule has 1 aliphatic heterocycles. The summed E-state index contributed by atoms with van der Waals surface area (Å²) in [7, 11) is 0. The van der Waals surface area contributed by atoms with Crippen LogP contribution in [0.25, 0.3) is 0 Å². The first-order chi connectivity index (χ1) is 6.83. The average Bonchev–Trinajstić information content (AvgIpc) is 2.31. The molecule has 0 aliphatic carbocycles. The van der Waals surface area contributed by atoms with Crippen molar-refractivity contribution in [1.82, 2.24) is 0 Å². The highest BCUT2D eigenvalue weighted by Gasteiger charge is 2.13. The summed E-state index contributed by atoms with van der Waals surface area (Å²) in [5.74, 6) is 1.11. The van der Waals surface area contributed by atoms with Crippen LogP contribution < -0.4 is 0 Å². The van der Waals surface area contributed by atoms with Crippen LogP contribution in [-0.4, -0.2) is 31.7 Å². The molecule has 3 heteroatoms. The molecule has 84 valence electrons. The van der Waals surface area contributed by atoms with Crippen molar-refractivity contribution >= 4 is 0 Å². The lowest BCUT2D eigenvalue weighted by Gasteiger charge is -2.18. The Balaban J connectivity index is 2.25. The van der Waals surface area contributed by atoms with Crippen LogP contribution in [0.3, 0.4) is 0 Å². The molecule has 0 aromatic rings. The van der Waals surface area contributed by atoms with Gasteiger partial charge in [-0.1, -0.05) is 6.92 Å². The van der Waals surface area contributed by atoms with E-state index < -0.39 is 0 Å². The minimum atomic E-state index is 0.299. The third kappa shape index (κ3) is 4.94. The van der Waals surface area contributed by atoms with Gasteiger partial charge in [0.05, 0.1) is 0 Å². The van der Waals surface area contributed by atoms with Gasteiger partial charge in [0.1, 0.15) is 6.79 Å².